The van der Waals surface area contributed by atoms with E-state index in [0.717, 1.165) is 11.3 Å². The van der Waals surface area contributed by atoms with Crippen LogP contribution >= 0.6 is 11.6 Å². The number of fused-ring (bicyclic) bond motifs is 3. The number of nitrogens with one attached hydrogen (secondary N) is 5. The minimum atomic E-state index is -1.60. The standard InChI is InChI=1S/C39H45ClF2N6O4/c1-5-22(3)33(36(50)44-21-24-12-15-43-16-13-24)47-38(52)39(14-11-31-28(20-39)27-18-26(41)19-29(40)35(27)45-31)48-37(51)34(23(4)6-2)46-32(49)17-25-9-7-8-10-30(25)42/h7-10,12-13,15-16,18-19,22-23,33-34,45H,5-6,11,14,17,20-21H2,1-4H3,(H,44,50)(H,46,49)(H,47,52)(H,48,51)/t22-,23?,33?,34-,39-/m0/s1. The molecular weight excluding hydrogens is 690 g/mol. The number of amides is 4. The molecule has 52 heavy (non-hydrogen) atoms. The average molecular weight is 735 g/mol. The Kier molecular flexibility index (Phi) is 12.3. The van der Waals surface area contributed by atoms with Crippen LogP contribution in [0.2, 0.25) is 5.02 Å². The molecule has 5 rings (SSSR count). The van der Waals surface area contributed by atoms with Gasteiger partial charge in [0, 0.05) is 36.4 Å². The van der Waals surface area contributed by atoms with E-state index < -0.39 is 52.9 Å². The topological polar surface area (TPSA) is 145 Å². The molecule has 0 saturated heterocycles. The van der Waals surface area contributed by atoms with Gasteiger partial charge in [-0.15, -0.1) is 0 Å². The number of benzene rings is 2. The molecule has 0 aliphatic heterocycles. The highest BCUT2D eigenvalue weighted by Crippen LogP contribution is 2.37. The maximum absolute atomic E-state index is 14.7. The second-order valence-electron chi connectivity index (χ2n) is 13.7. The van der Waals surface area contributed by atoms with Crippen molar-refractivity contribution in [3.8, 4) is 0 Å². The molecule has 0 saturated carbocycles. The summed E-state index contributed by atoms with van der Waals surface area (Å²) in [5.74, 6) is -3.88. The summed E-state index contributed by atoms with van der Waals surface area (Å²) in [6.45, 7) is 7.66. The number of halogens is 3. The Morgan fingerprint density at radius 3 is 2.29 bits per heavy atom. The molecule has 13 heteroatoms. The van der Waals surface area contributed by atoms with Gasteiger partial charge < -0.3 is 26.3 Å². The van der Waals surface area contributed by atoms with Gasteiger partial charge in [-0.2, -0.15) is 0 Å². The summed E-state index contributed by atoms with van der Waals surface area (Å²) in [6, 6.07) is 10.00. The van der Waals surface area contributed by atoms with Crippen LogP contribution in [0, 0.1) is 23.5 Å². The predicted octanol–water partition coefficient (Wildman–Crippen LogP) is 5.46. The Bertz CT molecular complexity index is 1940. The number of pyridine rings is 1. The van der Waals surface area contributed by atoms with Crippen molar-refractivity contribution in [3.05, 3.63) is 100.0 Å². The maximum atomic E-state index is 14.7. The predicted molar refractivity (Wildman–Crippen MR) is 195 cm³/mol. The molecule has 4 aromatic rings. The molecule has 5 N–H and O–H groups in total. The molecule has 1 aliphatic rings. The van der Waals surface area contributed by atoms with E-state index in [1.807, 2.05) is 20.8 Å². The van der Waals surface area contributed by atoms with Crippen LogP contribution in [0.4, 0.5) is 8.78 Å². The highest BCUT2D eigenvalue weighted by atomic mass is 35.5. The molecule has 1 aliphatic carbocycles. The lowest BCUT2D eigenvalue weighted by Gasteiger charge is -2.39. The largest absolute Gasteiger partial charge is 0.357 e. The van der Waals surface area contributed by atoms with E-state index in [1.165, 1.54) is 30.3 Å². The van der Waals surface area contributed by atoms with Crippen LogP contribution in [0.1, 0.15) is 69.3 Å². The van der Waals surface area contributed by atoms with Crippen LogP contribution in [0.3, 0.4) is 0 Å². The van der Waals surface area contributed by atoms with Crippen LogP contribution in [0.5, 0.6) is 0 Å². The van der Waals surface area contributed by atoms with E-state index in [1.54, 1.807) is 37.5 Å². The third-order valence-electron chi connectivity index (χ3n) is 10.2. The molecule has 0 bridgehead atoms. The second kappa shape index (κ2) is 16.7. The Labute approximate surface area is 306 Å². The molecule has 10 nitrogen and oxygen atoms in total. The van der Waals surface area contributed by atoms with Crippen molar-refractivity contribution >= 4 is 46.1 Å². The van der Waals surface area contributed by atoms with Gasteiger partial charge >= 0.3 is 0 Å². The van der Waals surface area contributed by atoms with E-state index >= 15 is 0 Å². The number of nitrogens with zero attached hydrogens (tertiary/aromatic N) is 1. The molecule has 0 radical (unpaired) electrons. The third kappa shape index (κ3) is 8.61. The monoisotopic (exact) mass is 734 g/mol. The number of aryl methyl sites for hydroxylation is 1. The molecule has 4 amide bonds. The Hall–Kier alpha value is -4.84. The molecular formula is C39H45ClF2N6O4. The van der Waals surface area contributed by atoms with Crippen molar-refractivity contribution in [1.29, 1.82) is 0 Å². The van der Waals surface area contributed by atoms with E-state index in [9.17, 15) is 28.0 Å². The summed E-state index contributed by atoms with van der Waals surface area (Å²) in [5.41, 5.74) is 1.30. The molecule has 5 atom stereocenters. The quantitative estimate of drug-likeness (QED) is 0.117. The van der Waals surface area contributed by atoms with Gasteiger partial charge in [-0.05, 0) is 71.7 Å². The SMILES string of the molecule is CCC(C)[C@H](NC(=O)Cc1ccccc1F)C(=O)N[C@@]1(C(=O)NC(C(=O)NCc2ccncc2)[C@@H](C)CC)CCc2[nH]c3c(Cl)cc(F)cc3c2C1. The van der Waals surface area contributed by atoms with Gasteiger partial charge in [0.1, 0.15) is 29.3 Å². The molecule has 2 unspecified atom stereocenters. The number of H-pyrrole nitrogens is 1. The fourth-order valence-corrected chi connectivity index (χ4v) is 6.92. The van der Waals surface area contributed by atoms with Gasteiger partial charge in [0.15, 0.2) is 0 Å². The zero-order chi connectivity index (χ0) is 37.6. The van der Waals surface area contributed by atoms with E-state index in [4.69, 9.17) is 11.6 Å². The maximum Gasteiger partial charge on any atom is 0.246 e. The van der Waals surface area contributed by atoms with Crippen molar-refractivity contribution in [2.75, 3.05) is 0 Å². The van der Waals surface area contributed by atoms with Crippen molar-refractivity contribution < 1.29 is 28.0 Å². The number of aromatic amines is 1. The van der Waals surface area contributed by atoms with E-state index in [2.05, 4.69) is 31.2 Å². The summed E-state index contributed by atoms with van der Waals surface area (Å²) in [6.07, 6.45) is 4.43. The Morgan fingerprint density at radius 1 is 0.942 bits per heavy atom. The van der Waals surface area contributed by atoms with Crippen LogP contribution in [0.25, 0.3) is 10.9 Å². The smallest absolute Gasteiger partial charge is 0.246 e. The lowest BCUT2D eigenvalue weighted by molar-refractivity contribution is -0.139. The lowest BCUT2D eigenvalue weighted by atomic mass is 9.78. The summed E-state index contributed by atoms with van der Waals surface area (Å²) >= 11 is 6.41. The van der Waals surface area contributed by atoms with Gasteiger partial charge in [-0.25, -0.2) is 8.78 Å². The van der Waals surface area contributed by atoms with Crippen molar-refractivity contribution in [3.63, 3.8) is 0 Å². The summed E-state index contributed by atoms with van der Waals surface area (Å²) in [7, 11) is 0. The summed E-state index contributed by atoms with van der Waals surface area (Å²) in [5, 5.41) is 12.3. The molecule has 2 aromatic heterocycles. The molecule has 2 aromatic carbocycles. The summed E-state index contributed by atoms with van der Waals surface area (Å²) < 4.78 is 29.1. The first-order valence-corrected chi connectivity index (χ1v) is 18.0. The van der Waals surface area contributed by atoms with Crippen molar-refractivity contribution in [2.24, 2.45) is 11.8 Å². The van der Waals surface area contributed by atoms with Crippen LogP contribution in [0.15, 0.2) is 60.9 Å². The molecule has 276 valence electrons. The minimum Gasteiger partial charge on any atom is -0.357 e. The Balaban J connectivity index is 1.47. The third-order valence-corrected chi connectivity index (χ3v) is 10.5. The zero-order valence-electron chi connectivity index (χ0n) is 29.7. The van der Waals surface area contributed by atoms with Gasteiger partial charge in [-0.3, -0.25) is 24.2 Å². The number of carbonyl (C=O) groups is 4. The van der Waals surface area contributed by atoms with Gasteiger partial charge in [-0.1, -0.05) is 70.3 Å². The fourth-order valence-electron chi connectivity index (χ4n) is 6.66. The highest BCUT2D eigenvalue weighted by molar-refractivity contribution is 6.35. The number of carbonyl (C=O) groups excluding carboxylic acids is 4. The number of hydrogen-bond donors (Lipinski definition) is 5. The highest BCUT2D eigenvalue weighted by Gasteiger charge is 2.47. The fraction of sp³-hybridized carbons (Fsp3) is 0.410. The number of hydrogen-bond acceptors (Lipinski definition) is 5. The van der Waals surface area contributed by atoms with E-state index in [0.29, 0.717) is 35.7 Å². The van der Waals surface area contributed by atoms with Gasteiger partial charge in [0.05, 0.1) is 17.0 Å². The zero-order valence-corrected chi connectivity index (χ0v) is 30.5. The van der Waals surface area contributed by atoms with Gasteiger partial charge in [0.2, 0.25) is 23.6 Å². The first-order valence-electron chi connectivity index (χ1n) is 17.7. The molecule has 2 heterocycles. The second-order valence-corrected chi connectivity index (χ2v) is 14.2. The van der Waals surface area contributed by atoms with Crippen LogP contribution in [-0.4, -0.2) is 51.2 Å². The summed E-state index contributed by atoms with van der Waals surface area (Å²) in [4.78, 5) is 63.1. The van der Waals surface area contributed by atoms with Crippen LogP contribution < -0.4 is 21.3 Å². The van der Waals surface area contributed by atoms with Crippen molar-refractivity contribution in [2.45, 2.75) is 90.4 Å². The normalized spacial score (nSPS) is 17.7. The first-order chi connectivity index (χ1) is 24.8. The lowest BCUT2D eigenvalue weighted by Crippen LogP contribution is -2.67. The number of rotatable bonds is 14. The Morgan fingerprint density at radius 2 is 1.62 bits per heavy atom. The molecule has 0 spiro atoms. The first kappa shape index (κ1) is 38.4. The molecule has 0 fully saturated rings. The number of aromatic nitrogens is 2. The average Bonchev–Trinajstić information content (AvgIpc) is 3.50. The van der Waals surface area contributed by atoms with Crippen molar-refractivity contribution in [1.82, 2.24) is 31.2 Å². The van der Waals surface area contributed by atoms with Crippen LogP contribution in [-0.2, 0) is 45.0 Å². The minimum absolute atomic E-state index is 0.0397. The van der Waals surface area contributed by atoms with Gasteiger partial charge in [0.25, 0.3) is 0 Å². The van der Waals surface area contributed by atoms with E-state index in [-0.39, 0.29) is 48.2 Å².